The molecule has 0 saturated carbocycles. The van der Waals surface area contributed by atoms with Gasteiger partial charge in [0.25, 0.3) is 0 Å². The molecule has 2 amide bonds. The molecule has 1 heterocycles. The number of anilines is 1. The van der Waals surface area contributed by atoms with Crippen molar-refractivity contribution >= 4 is 28.3 Å². The fraction of sp³-hybridized carbons (Fsp3) is 0.333. The second-order valence-corrected chi connectivity index (χ2v) is 4.07. The van der Waals surface area contributed by atoms with E-state index in [9.17, 15) is 9.59 Å². The van der Waals surface area contributed by atoms with Crippen molar-refractivity contribution in [3.8, 4) is 0 Å². The summed E-state index contributed by atoms with van der Waals surface area (Å²) < 4.78 is 4.84. The van der Waals surface area contributed by atoms with Crippen LogP contribution < -0.4 is 11.1 Å². The Morgan fingerprint density at radius 3 is 2.80 bits per heavy atom. The molecular weight excluding hydrogens is 216 g/mol. The molecule has 0 aromatic carbocycles. The molecule has 1 aromatic rings. The quantitative estimate of drug-likeness (QED) is 0.773. The third kappa shape index (κ3) is 2.95. The van der Waals surface area contributed by atoms with Gasteiger partial charge < -0.3 is 10.5 Å². The molecule has 6 heteroatoms. The maximum absolute atomic E-state index is 11.5. The van der Waals surface area contributed by atoms with Gasteiger partial charge in [-0.1, -0.05) is 0 Å². The van der Waals surface area contributed by atoms with E-state index in [1.807, 2.05) is 6.92 Å². The smallest absolute Gasteiger partial charge is 0.341 e. The summed E-state index contributed by atoms with van der Waals surface area (Å²) in [5.41, 5.74) is 5.33. The van der Waals surface area contributed by atoms with Crippen LogP contribution in [0.25, 0.3) is 0 Å². The van der Waals surface area contributed by atoms with Crippen LogP contribution in [-0.4, -0.2) is 18.6 Å². The summed E-state index contributed by atoms with van der Waals surface area (Å²) >= 11 is 1.28. The predicted molar refractivity (Wildman–Crippen MR) is 58.2 cm³/mol. The monoisotopic (exact) mass is 228 g/mol. The molecular formula is C9H12N2O3S. The number of esters is 1. The molecule has 1 rings (SSSR count). The fourth-order valence-electron chi connectivity index (χ4n) is 1.08. The van der Waals surface area contributed by atoms with Crippen LogP contribution in [0.15, 0.2) is 6.07 Å². The lowest BCUT2D eigenvalue weighted by molar-refractivity contribution is 0.0528. The Kier molecular flexibility index (Phi) is 3.68. The number of hydrogen-bond acceptors (Lipinski definition) is 4. The Bertz CT molecular complexity index is 387. The lowest BCUT2D eigenvalue weighted by Crippen LogP contribution is -2.20. The molecule has 0 fully saturated rings. The van der Waals surface area contributed by atoms with Crippen LogP contribution >= 0.6 is 11.3 Å². The van der Waals surface area contributed by atoms with Crippen molar-refractivity contribution in [3.63, 3.8) is 0 Å². The minimum Gasteiger partial charge on any atom is -0.462 e. The normalized spacial score (nSPS) is 9.73. The summed E-state index contributed by atoms with van der Waals surface area (Å²) in [4.78, 5) is 23.0. The second-order valence-electron chi connectivity index (χ2n) is 2.81. The van der Waals surface area contributed by atoms with Gasteiger partial charge in [0.15, 0.2) is 0 Å². The molecule has 1 aromatic heterocycles. The van der Waals surface area contributed by atoms with Crippen LogP contribution in [0.5, 0.6) is 0 Å². The number of amides is 2. The lowest BCUT2D eigenvalue weighted by Gasteiger charge is -2.02. The van der Waals surface area contributed by atoms with Crippen molar-refractivity contribution in [2.45, 2.75) is 13.8 Å². The zero-order valence-corrected chi connectivity index (χ0v) is 9.31. The first-order valence-electron chi connectivity index (χ1n) is 4.38. The molecule has 0 radical (unpaired) electrons. The summed E-state index contributed by atoms with van der Waals surface area (Å²) in [6.45, 7) is 3.85. The third-order valence-corrected chi connectivity index (χ3v) is 2.55. The Labute approximate surface area is 91.2 Å². The molecule has 0 spiro atoms. The van der Waals surface area contributed by atoms with E-state index in [4.69, 9.17) is 10.5 Å². The summed E-state index contributed by atoms with van der Waals surface area (Å²) in [6.07, 6.45) is 0. The highest BCUT2D eigenvalue weighted by Gasteiger charge is 2.16. The van der Waals surface area contributed by atoms with E-state index in [0.717, 1.165) is 4.88 Å². The highest BCUT2D eigenvalue weighted by atomic mass is 32.1. The van der Waals surface area contributed by atoms with Gasteiger partial charge in [-0.25, -0.2) is 9.59 Å². The number of rotatable bonds is 3. The highest BCUT2D eigenvalue weighted by Crippen LogP contribution is 2.27. The molecule has 0 unspecified atom stereocenters. The SMILES string of the molecule is CCOC(=O)c1cc(C)sc1NC(N)=O. The van der Waals surface area contributed by atoms with Crippen LogP contribution in [0.4, 0.5) is 9.80 Å². The minimum atomic E-state index is -0.692. The van der Waals surface area contributed by atoms with Gasteiger partial charge in [-0.05, 0) is 19.9 Å². The molecule has 0 aliphatic heterocycles. The summed E-state index contributed by atoms with van der Waals surface area (Å²) in [5.74, 6) is -0.453. The molecule has 0 aliphatic carbocycles. The standard InChI is InChI=1S/C9H12N2O3S/c1-3-14-8(12)6-4-5(2)15-7(6)11-9(10)13/h4H,3H2,1-2H3,(H3,10,11,13). The first-order chi connectivity index (χ1) is 7.04. The van der Waals surface area contributed by atoms with Crippen molar-refractivity contribution in [2.24, 2.45) is 5.73 Å². The van der Waals surface area contributed by atoms with E-state index in [-0.39, 0.29) is 0 Å². The number of primary amides is 1. The van der Waals surface area contributed by atoms with Gasteiger partial charge in [-0.3, -0.25) is 5.32 Å². The number of carbonyl (C=O) groups excluding carboxylic acids is 2. The van der Waals surface area contributed by atoms with Gasteiger partial charge in [0.05, 0.1) is 12.2 Å². The fourth-order valence-corrected chi connectivity index (χ4v) is 1.98. The lowest BCUT2D eigenvalue weighted by atomic mass is 10.3. The molecule has 15 heavy (non-hydrogen) atoms. The molecule has 3 N–H and O–H groups in total. The van der Waals surface area contributed by atoms with E-state index in [0.29, 0.717) is 17.2 Å². The molecule has 0 atom stereocenters. The zero-order chi connectivity index (χ0) is 11.4. The summed E-state index contributed by atoms with van der Waals surface area (Å²) in [6, 6.07) is 0.968. The molecule has 0 bridgehead atoms. The first-order valence-corrected chi connectivity index (χ1v) is 5.20. The van der Waals surface area contributed by atoms with Gasteiger partial charge in [0.1, 0.15) is 5.00 Å². The van der Waals surface area contributed by atoms with E-state index < -0.39 is 12.0 Å². The number of nitrogens with two attached hydrogens (primary N) is 1. The highest BCUT2D eigenvalue weighted by molar-refractivity contribution is 7.16. The number of ether oxygens (including phenoxy) is 1. The molecule has 5 nitrogen and oxygen atoms in total. The maximum atomic E-state index is 11.5. The average molecular weight is 228 g/mol. The van der Waals surface area contributed by atoms with Crippen molar-refractivity contribution in [3.05, 3.63) is 16.5 Å². The van der Waals surface area contributed by atoms with Crippen molar-refractivity contribution in [1.29, 1.82) is 0 Å². The van der Waals surface area contributed by atoms with Crippen molar-refractivity contribution < 1.29 is 14.3 Å². The van der Waals surface area contributed by atoms with E-state index >= 15 is 0 Å². The zero-order valence-electron chi connectivity index (χ0n) is 8.49. The maximum Gasteiger partial charge on any atom is 0.341 e. The number of hydrogen-bond donors (Lipinski definition) is 2. The number of urea groups is 1. The topological polar surface area (TPSA) is 81.4 Å². The van der Waals surface area contributed by atoms with Crippen LogP contribution in [0.1, 0.15) is 22.2 Å². The van der Waals surface area contributed by atoms with Crippen molar-refractivity contribution in [1.82, 2.24) is 0 Å². The Morgan fingerprint density at radius 2 is 2.27 bits per heavy atom. The van der Waals surface area contributed by atoms with Crippen molar-refractivity contribution in [2.75, 3.05) is 11.9 Å². The van der Waals surface area contributed by atoms with E-state index in [2.05, 4.69) is 5.32 Å². The van der Waals surface area contributed by atoms with Gasteiger partial charge >= 0.3 is 12.0 Å². The van der Waals surface area contributed by atoms with Crippen LogP contribution in [0.2, 0.25) is 0 Å². The number of carbonyl (C=O) groups is 2. The van der Waals surface area contributed by atoms with E-state index in [1.54, 1.807) is 13.0 Å². The van der Waals surface area contributed by atoms with Gasteiger partial charge in [-0.15, -0.1) is 11.3 Å². The van der Waals surface area contributed by atoms with Gasteiger partial charge in [0, 0.05) is 4.88 Å². The van der Waals surface area contributed by atoms with Crippen LogP contribution in [0, 0.1) is 6.92 Å². The largest absolute Gasteiger partial charge is 0.462 e. The summed E-state index contributed by atoms with van der Waals surface area (Å²) in [5, 5.41) is 2.82. The minimum absolute atomic E-state index is 0.295. The Balaban J connectivity index is 2.95. The van der Waals surface area contributed by atoms with Gasteiger partial charge in [0.2, 0.25) is 0 Å². The van der Waals surface area contributed by atoms with E-state index in [1.165, 1.54) is 11.3 Å². The summed E-state index contributed by atoms with van der Waals surface area (Å²) in [7, 11) is 0. The third-order valence-electron chi connectivity index (χ3n) is 1.59. The number of nitrogens with one attached hydrogen (secondary N) is 1. The average Bonchev–Trinajstić information content (AvgIpc) is 2.46. The Hall–Kier alpha value is -1.56. The molecule has 82 valence electrons. The molecule has 0 aliphatic rings. The number of aryl methyl sites for hydroxylation is 1. The van der Waals surface area contributed by atoms with Gasteiger partial charge in [-0.2, -0.15) is 0 Å². The molecule has 0 saturated heterocycles. The predicted octanol–water partition coefficient (Wildman–Crippen LogP) is 1.72. The number of thiophene rings is 1. The Morgan fingerprint density at radius 1 is 1.60 bits per heavy atom. The second kappa shape index (κ2) is 4.79. The van der Waals surface area contributed by atoms with Crippen LogP contribution in [0.3, 0.4) is 0 Å². The van der Waals surface area contributed by atoms with Crippen LogP contribution in [-0.2, 0) is 4.74 Å². The first kappa shape index (κ1) is 11.5.